The van der Waals surface area contributed by atoms with Crippen molar-refractivity contribution < 1.29 is 0 Å². The van der Waals surface area contributed by atoms with Gasteiger partial charge < -0.3 is 5.32 Å². The molecule has 18 heavy (non-hydrogen) atoms. The second-order valence-corrected chi connectivity index (χ2v) is 5.40. The van der Waals surface area contributed by atoms with E-state index in [1.165, 1.54) is 0 Å². The summed E-state index contributed by atoms with van der Waals surface area (Å²) >= 11 is 8.02. The van der Waals surface area contributed by atoms with E-state index in [2.05, 4.69) is 27.6 Å². The molecule has 5 heteroatoms. The Morgan fingerprint density at radius 1 is 1.44 bits per heavy atom. The standard InChI is InChI=1S/C13H16ClN3S/c1-3-4-17-12(10-7-15-5-6-16-10)13-11(14)9(2)8-18-13/h5-8,12,17H,3-4H2,1-2H3. The van der Waals surface area contributed by atoms with Crippen LogP contribution in [0.15, 0.2) is 24.0 Å². The molecule has 0 spiro atoms. The SMILES string of the molecule is CCCNC(c1cnccn1)c1scc(C)c1Cl. The van der Waals surface area contributed by atoms with Gasteiger partial charge in [0.1, 0.15) is 0 Å². The highest BCUT2D eigenvalue weighted by atomic mass is 35.5. The first-order chi connectivity index (χ1) is 8.74. The summed E-state index contributed by atoms with van der Waals surface area (Å²) in [5, 5.41) is 6.39. The van der Waals surface area contributed by atoms with Gasteiger partial charge in [-0.25, -0.2) is 0 Å². The number of nitrogens with one attached hydrogen (secondary N) is 1. The Morgan fingerprint density at radius 2 is 2.28 bits per heavy atom. The Kier molecular flexibility index (Phi) is 4.69. The smallest absolute Gasteiger partial charge is 0.0875 e. The Labute approximate surface area is 116 Å². The van der Waals surface area contributed by atoms with Crippen LogP contribution in [0, 0.1) is 6.92 Å². The van der Waals surface area contributed by atoms with Gasteiger partial charge in [0.2, 0.25) is 0 Å². The molecule has 1 atom stereocenters. The van der Waals surface area contributed by atoms with E-state index in [0.717, 1.165) is 34.1 Å². The lowest BCUT2D eigenvalue weighted by molar-refractivity contribution is 0.591. The lowest BCUT2D eigenvalue weighted by Crippen LogP contribution is -2.23. The molecule has 2 heterocycles. The Hall–Kier alpha value is -0.970. The van der Waals surface area contributed by atoms with E-state index >= 15 is 0 Å². The topological polar surface area (TPSA) is 37.8 Å². The molecular formula is C13H16ClN3S. The molecule has 2 rings (SSSR count). The predicted molar refractivity (Wildman–Crippen MR) is 76.2 cm³/mol. The normalized spacial score (nSPS) is 12.6. The number of hydrogen-bond donors (Lipinski definition) is 1. The van der Waals surface area contributed by atoms with Crippen molar-refractivity contribution in [1.29, 1.82) is 0 Å². The second-order valence-electron chi connectivity index (χ2n) is 4.11. The molecule has 3 nitrogen and oxygen atoms in total. The fraction of sp³-hybridized carbons (Fsp3) is 0.385. The van der Waals surface area contributed by atoms with Gasteiger partial charge in [0.15, 0.2) is 0 Å². The van der Waals surface area contributed by atoms with Crippen LogP contribution in [0.1, 0.15) is 35.5 Å². The first-order valence-corrected chi connectivity index (χ1v) is 7.22. The maximum Gasteiger partial charge on any atom is 0.0875 e. The predicted octanol–water partition coefficient (Wildman–Crippen LogP) is 3.59. The summed E-state index contributed by atoms with van der Waals surface area (Å²) in [6.45, 7) is 5.09. The van der Waals surface area contributed by atoms with Gasteiger partial charge in [-0.15, -0.1) is 11.3 Å². The lowest BCUT2D eigenvalue weighted by atomic mass is 10.1. The van der Waals surface area contributed by atoms with Crippen LogP contribution in [-0.4, -0.2) is 16.5 Å². The maximum absolute atomic E-state index is 6.35. The number of rotatable bonds is 5. The van der Waals surface area contributed by atoms with E-state index in [1.807, 2.05) is 6.92 Å². The number of nitrogens with zero attached hydrogens (tertiary/aromatic N) is 2. The largest absolute Gasteiger partial charge is 0.304 e. The third kappa shape index (κ3) is 2.88. The number of hydrogen-bond acceptors (Lipinski definition) is 4. The van der Waals surface area contributed by atoms with E-state index in [-0.39, 0.29) is 6.04 Å². The van der Waals surface area contributed by atoms with Crippen LogP contribution in [0.5, 0.6) is 0 Å². The van der Waals surface area contributed by atoms with Crippen molar-refractivity contribution in [2.75, 3.05) is 6.54 Å². The van der Waals surface area contributed by atoms with Crippen molar-refractivity contribution in [3.63, 3.8) is 0 Å². The molecule has 0 aliphatic heterocycles. The molecule has 0 saturated carbocycles. The Bertz CT molecular complexity index is 498. The zero-order chi connectivity index (χ0) is 13.0. The minimum atomic E-state index is 0.0323. The van der Waals surface area contributed by atoms with Gasteiger partial charge in [0, 0.05) is 17.3 Å². The van der Waals surface area contributed by atoms with Gasteiger partial charge in [0.25, 0.3) is 0 Å². The Balaban J connectivity index is 2.34. The molecule has 0 aliphatic rings. The fourth-order valence-corrected chi connectivity index (χ4v) is 3.11. The highest BCUT2D eigenvalue weighted by Crippen LogP contribution is 2.34. The summed E-state index contributed by atoms with van der Waals surface area (Å²) in [5.41, 5.74) is 2.03. The molecule has 0 bridgehead atoms. The lowest BCUT2D eigenvalue weighted by Gasteiger charge is -2.16. The zero-order valence-corrected chi connectivity index (χ0v) is 12.1. The van der Waals surface area contributed by atoms with Crippen LogP contribution in [0.2, 0.25) is 5.02 Å². The van der Waals surface area contributed by atoms with Gasteiger partial charge in [-0.2, -0.15) is 0 Å². The van der Waals surface area contributed by atoms with Crippen LogP contribution in [-0.2, 0) is 0 Å². The zero-order valence-electron chi connectivity index (χ0n) is 10.5. The van der Waals surface area contributed by atoms with E-state index < -0.39 is 0 Å². The van der Waals surface area contributed by atoms with E-state index in [4.69, 9.17) is 11.6 Å². The van der Waals surface area contributed by atoms with Gasteiger partial charge in [0.05, 0.1) is 23.0 Å². The summed E-state index contributed by atoms with van der Waals surface area (Å²) in [6.07, 6.45) is 6.25. The van der Waals surface area contributed by atoms with Crippen molar-refractivity contribution in [2.45, 2.75) is 26.3 Å². The molecule has 0 aromatic carbocycles. The molecule has 1 N–H and O–H groups in total. The maximum atomic E-state index is 6.35. The van der Waals surface area contributed by atoms with E-state index in [0.29, 0.717) is 0 Å². The van der Waals surface area contributed by atoms with Crippen LogP contribution < -0.4 is 5.32 Å². The molecule has 2 aromatic heterocycles. The van der Waals surface area contributed by atoms with Crippen LogP contribution in [0.25, 0.3) is 0 Å². The summed E-state index contributed by atoms with van der Waals surface area (Å²) < 4.78 is 0. The minimum absolute atomic E-state index is 0.0323. The quantitative estimate of drug-likeness (QED) is 0.910. The monoisotopic (exact) mass is 281 g/mol. The third-order valence-corrected chi connectivity index (χ3v) is 4.44. The molecule has 0 saturated heterocycles. The molecule has 96 valence electrons. The number of thiophene rings is 1. The molecule has 0 fully saturated rings. The van der Waals surface area contributed by atoms with Crippen molar-refractivity contribution >= 4 is 22.9 Å². The number of halogens is 1. The van der Waals surface area contributed by atoms with Gasteiger partial charge in [-0.05, 0) is 30.8 Å². The fourth-order valence-electron chi connectivity index (χ4n) is 1.72. The first kappa shape index (κ1) is 13.5. The summed E-state index contributed by atoms with van der Waals surface area (Å²) in [5.74, 6) is 0. The number of aryl methyl sites for hydroxylation is 1. The van der Waals surface area contributed by atoms with Crippen LogP contribution in [0.3, 0.4) is 0 Å². The first-order valence-electron chi connectivity index (χ1n) is 5.96. The van der Waals surface area contributed by atoms with Gasteiger partial charge >= 0.3 is 0 Å². The third-order valence-electron chi connectivity index (χ3n) is 2.66. The second kappa shape index (κ2) is 6.27. The van der Waals surface area contributed by atoms with Gasteiger partial charge in [-0.3, -0.25) is 9.97 Å². The highest BCUT2D eigenvalue weighted by molar-refractivity contribution is 7.10. The van der Waals surface area contributed by atoms with Crippen molar-refractivity contribution in [1.82, 2.24) is 15.3 Å². The average Bonchev–Trinajstić information content (AvgIpc) is 2.73. The molecule has 0 radical (unpaired) electrons. The molecule has 0 amide bonds. The molecule has 0 aliphatic carbocycles. The minimum Gasteiger partial charge on any atom is -0.304 e. The van der Waals surface area contributed by atoms with Crippen LogP contribution >= 0.6 is 22.9 Å². The summed E-state index contributed by atoms with van der Waals surface area (Å²) in [7, 11) is 0. The Morgan fingerprint density at radius 3 is 2.83 bits per heavy atom. The average molecular weight is 282 g/mol. The van der Waals surface area contributed by atoms with Gasteiger partial charge in [-0.1, -0.05) is 18.5 Å². The van der Waals surface area contributed by atoms with Crippen LogP contribution in [0.4, 0.5) is 0 Å². The number of aromatic nitrogens is 2. The van der Waals surface area contributed by atoms with E-state index in [9.17, 15) is 0 Å². The van der Waals surface area contributed by atoms with Crippen molar-refractivity contribution in [2.24, 2.45) is 0 Å². The van der Waals surface area contributed by atoms with Crippen molar-refractivity contribution in [3.8, 4) is 0 Å². The molecule has 2 aromatic rings. The summed E-state index contributed by atoms with van der Waals surface area (Å²) in [6, 6.07) is 0.0323. The summed E-state index contributed by atoms with van der Waals surface area (Å²) in [4.78, 5) is 9.63. The molecule has 1 unspecified atom stereocenters. The van der Waals surface area contributed by atoms with E-state index in [1.54, 1.807) is 29.9 Å². The van der Waals surface area contributed by atoms with Crippen molar-refractivity contribution in [3.05, 3.63) is 45.1 Å². The molecular weight excluding hydrogens is 266 g/mol. The highest BCUT2D eigenvalue weighted by Gasteiger charge is 2.20.